The van der Waals surface area contributed by atoms with E-state index < -0.39 is 0 Å². The first-order chi connectivity index (χ1) is 8.38. The third kappa shape index (κ3) is 5.71. The fourth-order valence-electron chi connectivity index (χ4n) is 1.77. The molecule has 0 aliphatic carbocycles. The summed E-state index contributed by atoms with van der Waals surface area (Å²) in [6.07, 6.45) is 2.39. The summed E-state index contributed by atoms with van der Waals surface area (Å²) in [6, 6.07) is 10.6. The van der Waals surface area contributed by atoms with Crippen LogP contribution in [0.25, 0.3) is 0 Å². The lowest BCUT2D eigenvalue weighted by Crippen LogP contribution is -2.43. The molecule has 1 fully saturated rings. The molecule has 2 rings (SSSR count). The first-order valence-electron chi connectivity index (χ1n) is 6.59. The average molecular weight is 235 g/mol. The van der Waals surface area contributed by atoms with Crippen LogP contribution in [0, 0.1) is 0 Å². The molecule has 1 aromatic rings. The van der Waals surface area contributed by atoms with Gasteiger partial charge in [-0.2, -0.15) is 0 Å². The molecule has 1 heterocycles. The van der Waals surface area contributed by atoms with Gasteiger partial charge in [0.25, 0.3) is 0 Å². The predicted octanol–water partition coefficient (Wildman–Crippen LogP) is 1.84. The van der Waals surface area contributed by atoms with Crippen molar-refractivity contribution < 1.29 is 0 Å². The summed E-state index contributed by atoms with van der Waals surface area (Å²) >= 11 is 0. The van der Waals surface area contributed by atoms with Gasteiger partial charge >= 0.3 is 0 Å². The first kappa shape index (κ1) is 14.0. The van der Waals surface area contributed by atoms with Crippen LogP contribution in [0.2, 0.25) is 0 Å². The number of hydrogen-bond acceptors (Lipinski definition) is 3. The van der Waals surface area contributed by atoms with Gasteiger partial charge in [0, 0.05) is 31.9 Å². The van der Waals surface area contributed by atoms with E-state index in [0.717, 1.165) is 32.7 Å². The highest BCUT2D eigenvalue weighted by molar-refractivity contribution is 5.46. The molecular weight excluding hydrogens is 210 g/mol. The molecule has 0 saturated carbocycles. The zero-order chi connectivity index (χ0) is 12.3. The lowest BCUT2D eigenvalue weighted by atomic mass is 10.2. The maximum atomic E-state index is 5.14. The molecule has 17 heavy (non-hydrogen) atoms. The van der Waals surface area contributed by atoms with Gasteiger partial charge in [-0.15, -0.1) is 0 Å². The van der Waals surface area contributed by atoms with Gasteiger partial charge in [0.05, 0.1) is 0 Å². The van der Waals surface area contributed by atoms with Crippen molar-refractivity contribution in [3.63, 3.8) is 0 Å². The Kier molecular flexibility index (Phi) is 7.43. The Labute approximate surface area is 105 Å². The maximum absolute atomic E-state index is 5.14. The van der Waals surface area contributed by atoms with Crippen molar-refractivity contribution in [2.75, 3.05) is 37.6 Å². The number of piperazine rings is 1. The summed E-state index contributed by atoms with van der Waals surface area (Å²) in [5.41, 5.74) is 6.49. The topological polar surface area (TPSA) is 41.3 Å². The largest absolute Gasteiger partial charge is 0.369 e. The van der Waals surface area contributed by atoms with Crippen molar-refractivity contribution >= 4 is 5.69 Å². The highest BCUT2D eigenvalue weighted by Crippen LogP contribution is 2.12. The molecule has 1 saturated heterocycles. The second-order valence-corrected chi connectivity index (χ2v) is 4.21. The van der Waals surface area contributed by atoms with E-state index in [-0.39, 0.29) is 0 Å². The molecular formula is C14H25N3. The molecule has 0 unspecified atom stereocenters. The van der Waals surface area contributed by atoms with Crippen molar-refractivity contribution in [1.82, 2.24) is 5.32 Å². The van der Waals surface area contributed by atoms with Gasteiger partial charge < -0.3 is 16.0 Å². The quantitative estimate of drug-likeness (QED) is 0.840. The van der Waals surface area contributed by atoms with Crippen LogP contribution < -0.4 is 16.0 Å². The highest BCUT2D eigenvalue weighted by atomic mass is 15.2. The molecule has 1 aromatic carbocycles. The third-order valence-electron chi connectivity index (χ3n) is 2.80. The highest BCUT2D eigenvalue weighted by Gasteiger charge is 2.08. The molecule has 3 N–H and O–H groups in total. The van der Waals surface area contributed by atoms with Gasteiger partial charge in [-0.05, 0) is 25.1 Å². The monoisotopic (exact) mass is 235 g/mol. The summed E-state index contributed by atoms with van der Waals surface area (Å²) < 4.78 is 0. The molecule has 96 valence electrons. The van der Waals surface area contributed by atoms with Gasteiger partial charge in [0.1, 0.15) is 0 Å². The molecule has 3 heteroatoms. The molecule has 1 aliphatic rings. The first-order valence-corrected chi connectivity index (χ1v) is 6.59. The number of unbranched alkanes of at least 4 members (excludes halogenated alkanes) is 1. The van der Waals surface area contributed by atoms with Gasteiger partial charge in [-0.3, -0.25) is 0 Å². The second-order valence-electron chi connectivity index (χ2n) is 4.21. The normalized spacial score (nSPS) is 15.1. The van der Waals surface area contributed by atoms with Crippen LogP contribution in [0.3, 0.4) is 0 Å². The minimum absolute atomic E-state index is 0.844. The number of anilines is 1. The van der Waals surface area contributed by atoms with E-state index in [1.807, 2.05) is 0 Å². The minimum atomic E-state index is 0.844. The van der Waals surface area contributed by atoms with Crippen molar-refractivity contribution in [2.45, 2.75) is 19.8 Å². The van der Waals surface area contributed by atoms with Crippen LogP contribution in [-0.2, 0) is 0 Å². The summed E-state index contributed by atoms with van der Waals surface area (Å²) in [7, 11) is 0. The third-order valence-corrected chi connectivity index (χ3v) is 2.80. The number of benzene rings is 1. The smallest absolute Gasteiger partial charge is 0.0367 e. The standard InChI is InChI=1S/C10H14N2.C4H11N/c1-2-4-10(5-3-1)12-8-6-11-7-9-12;1-2-3-4-5/h1-5,11H,6-9H2;2-5H2,1H3. The van der Waals surface area contributed by atoms with Crippen LogP contribution in [-0.4, -0.2) is 32.7 Å². The molecule has 0 spiro atoms. The van der Waals surface area contributed by atoms with Crippen molar-refractivity contribution in [3.8, 4) is 0 Å². The molecule has 0 atom stereocenters. The van der Waals surface area contributed by atoms with Gasteiger partial charge in [-0.25, -0.2) is 0 Å². The van der Waals surface area contributed by atoms with Crippen molar-refractivity contribution in [3.05, 3.63) is 30.3 Å². The Bertz CT molecular complexity index is 266. The number of hydrogen-bond donors (Lipinski definition) is 2. The number of rotatable bonds is 3. The van der Waals surface area contributed by atoms with Gasteiger partial charge in [0.15, 0.2) is 0 Å². The molecule has 1 aliphatic heterocycles. The fraction of sp³-hybridized carbons (Fsp3) is 0.571. The van der Waals surface area contributed by atoms with E-state index in [1.54, 1.807) is 0 Å². The number of para-hydroxylation sites is 1. The molecule has 0 bridgehead atoms. The van der Waals surface area contributed by atoms with E-state index in [4.69, 9.17) is 5.73 Å². The Morgan fingerprint density at radius 1 is 1.18 bits per heavy atom. The van der Waals surface area contributed by atoms with E-state index in [1.165, 1.54) is 18.5 Å². The summed E-state index contributed by atoms with van der Waals surface area (Å²) in [6.45, 7) is 7.45. The maximum Gasteiger partial charge on any atom is 0.0367 e. The van der Waals surface area contributed by atoms with Crippen LogP contribution in [0.15, 0.2) is 30.3 Å². The summed E-state index contributed by atoms with van der Waals surface area (Å²) in [4.78, 5) is 2.41. The fourth-order valence-corrected chi connectivity index (χ4v) is 1.77. The second kappa shape index (κ2) is 9.02. The lowest BCUT2D eigenvalue weighted by molar-refractivity contribution is 0.589. The lowest BCUT2D eigenvalue weighted by Gasteiger charge is -2.29. The van der Waals surface area contributed by atoms with Crippen LogP contribution in [0.5, 0.6) is 0 Å². The number of nitrogens with zero attached hydrogens (tertiary/aromatic N) is 1. The van der Waals surface area contributed by atoms with E-state index in [9.17, 15) is 0 Å². The molecule has 0 radical (unpaired) electrons. The van der Waals surface area contributed by atoms with E-state index >= 15 is 0 Å². The Morgan fingerprint density at radius 2 is 1.82 bits per heavy atom. The Morgan fingerprint density at radius 3 is 2.29 bits per heavy atom. The minimum Gasteiger partial charge on any atom is -0.369 e. The number of nitrogens with two attached hydrogens (primary N) is 1. The Hall–Kier alpha value is -1.06. The van der Waals surface area contributed by atoms with Crippen LogP contribution in [0.4, 0.5) is 5.69 Å². The van der Waals surface area contributed by atoms with Crippen LogP contribution >= 0.6 is 0 Å². The Balaban J connectivity index is 0.000000249. The average Bonchev–Trinajstić information content (AvgIpc) is 2.42. The van der Waals surface area contributed by atoms with E-state index in [0.29, 0.717) is 0 Å². The van der Waals surface area contributed by atoms with Gasteiger partial charge in [-0.1, -0.05) is 31.5 Å². The number of nitrogens with one attached hydrogen (secondary N) is 1. The van der Waals surface area contributed by atoms with E-state index in [2.05, 4.69) is 47.5 Å². The van der Waals surface area contributed by atoms with Gasteiger partial charge in [0.2, 0.25) is 0 Å². The zero-order valence-electron chi connectivity index (χ0n) is 10.9. The molecule has 0 amide bonds. The molecule has 3 nitrogen and oxygen atoms in total. The zero-order valence-corrected chi connectivity index (χ0v) is 10.9. The van der Waals surface area contributed by atoms with Crippen LogP contribution in [0.1, 0.15) is 19.8 Å². The molecule has 0 aromatic heterocycles. The predicted molar refractivity (Wildman–Crippen MR) is 75.5 cm³/mol. The SMILES string of the molecule is CCCCN.c1ccc(N2CCNCC2)cc1. The summed E-state index contributed by atoms with van der Waals surface area (Å²) in [5.74, 6) is 0. The summed E-state index contributed by atoms with van der Waals surface area (Å²) in [5, 5.41) is 3.34. The van der Waals surface area contributed by atoms with Crippen molar-refractivity contribution in [2.24, 2.45) is 5.73 Å². The van der Waals surface area contributed by atoms with Crippen molar-refractivity contribution in [1.29, 1.82) is 0 Å².